The Kier molecular flexibility index (Phi) is 5.60. The number of aromatic nitrogens is 3. The van der Waals surface area contributed by atoms with E-state index >= 15 is 0 Å². The van der Waals surface area contributed by atoms with Crippen LogP contribution in [0, 0.1) is 12.8 Å². The molecule has 3 rings (SSSR count). The van der Waals surface area contributed by atoms with Crippen LogP contribution in [0.25, 0.3) is 5.65 Å². The highest BCUT2D eigenvalue weighted by atomic mass is 35.5. The minimum absolute atomic E-state index is 0.470. The second-order valence-electron chi connectivity index (χ2n) is 5.68. The van der Waals surface area contributed by atoms with Crippen molar-refractivity contribution in [1.29, 1.82) is 0 Å². The highest BCUT2D eigenvalue weighted by Crippen LogP contribution is 2.23. The minimum atomic E-state index is 0.470. The van der Waals surface area contributed by atoms with E-state index in [1.165, 1.54) is 19.3 Å². The monoisotopic (exact) mass is 323 g/mol. The molecule has 120 valence electrons. The number of amides is 1. The molecule has 7 heteroatoms. The molecule has 1 saturated carbocycles. The molecular formula is C15H22ClN5O. The molecule has 22 heavy (non-hydrogen) atoms. The van der Waals surface area contributed by atoms with Gasteiger partial charge in [0.25, 0.3) is 0 Å². The molecule has 0 saturated heterocycles. The third kappa shape index (κ3) is 3.88. The normalized spacial score (nSPS) is 20.4. The van der Waals surface area contributed by atoms with Crippen LogP contribution in [0.5, 0.6) is 0 Å². The zero-order chi connectivity index (χ0) is 16.1. The maximum absolute atomic E-state index is 9.96. The van der Waals surface area contributed by atoms with Gasteiger partial charge in [-0.1, -0.05) is 18.5 Å². The molecule has 0 radical (unpaired) electrons. The number of anilines is 1. The SMILES string of the molecule is CNc1cc(Cl)nc2c(C)cnn12.C[C@H]1CCC(NC=O)C1. The van der Waals surface area contributed by atoms with Crippen LogP contribution < -0.4 is 10.6 Å². The van der Waals surface area contributed by atoms with Crippen molar-refractivity contribution >= 4 is 29.5 Å². The fourth-order valence-electron chi connectivity index (χ4n) is 2.68. The van der Waals surface area contributed by atoms with E-state index in [9.17, 15) is 4.79 Å². The summed E-state index contributed by atoms with van der Waals surface area (Å²) in [7, 11) is 1.82. The number of aryl methyl sites for hydroxylation is 1. The lowest BCUT2D eigenvalue weighted by Crippen LogP contribution is -2.24. The minimum Gasteiger partial charge on any atom is -0.373 e. The lowest BCUT2D eigenvalue weighted by molar-refractivity contribution is -0.110. The Balaban J connectivity index is 0.000000172. The summed E-state index contributed by atoms with van der Waals surface area (Å²) in [6.45, 7) is 4.18. The molecule has 1 unspecified atom stereocenters. The Hall–Kier alpha value is -1.82. The molecule has 2 N–H and O–H groups in total. The van der Waals surface area contributed by atoms with Gasteiger partial charge in [-0.15, -0.1) is 0 Å². The second-order valence-corrected chi connectivity index (χ2v) is 6.06. The summed E-state index contributed by atoms with van der Waals surface area (Å²) in [4.78, 5) is 14.1. The topological polar surface area (TPSA) is 71.3 Å². The smallest absolute Gasteiger partial charge is 0.207 e. The number of carbonyl (C=O) groups is 1. The zero-order valence-electron chi connectivity index (χ0n) is 13.1. The van der Waals surface area contributed by atoms with E-state index in [4.69, 9.17) is 11.6 Å². The molecule has 2 atom stereocenters. The van der Waals surface area contributed by atoms with Gasteiger partial charge < -0.3 is 10.6 Å². The number of nitrogens with zero attached hydrogens (tertiary/aromatic N) is 3. The molecule has 0 aliphatic heterocycles. The van der Waals surface area contributed by atoms with E-state index in [0.717, 1.165) is 29.4 Å². The Morgan fingerprint density at radius 1 is 1.45 bits per heavy atom. The average Bonchev–Trinajstić information content (AvgIpc) is 3.06. The van der Waals surface area contributed by atoms with E-state index in [1.807, 2.05) is 14.0 Å². The van der Waals surface area contributed by atoms with Crippen LogP contribution in [0.1, 0.15) is 31.7 Å². The van der Waals surface area contributed by atoms with Crippen molar-refractivity contribution in [3.05, 3.63) is 23.0 Å². The summed E-state index contributed by atoms with van der Waals surface area (Å²) in [5.74, 6) is 1.64. The molecule has 2 heterocycles. The third-order valence-corrected chi connectivity index (χ3v) is 4.07. The second kappa shape index (κ2) is 7.45. The molecule has 0 spiro atoms. The molecule has 1 aliphatic rings. The number of rotatable bonds is 3. The lowest BCUT2D eigenvalue weighted by Gasteiger charge is -2.05. The van der Waals surface area contributed by atoms with Crippen LogP contribution in [0.2, 0.25) is 5.15 Å². The fourth-order valence-corrected chi connectivity index (χ4v) is 2.86. The van der Waals surface area contributed by atoms with Crippen LogP contribution in [0.3, 0.4) is 0 Å². The van der Waals surface area contributed by atoms with Gasteiger partial charge in [0.15, 0.2) is 5.65 Å². The van der Waals surface area contributed by atoms with Crippen LogP contribution in [0.15, 0.2) is 12.3 Å². The maximum atomic E-state index is 9.96. The van der Waals surface area contributed by atoms with E-state index in [2.05, 4.69) is 27.6 Å². The molecule has 0 bridgehead atoms. The molecule has 1 fully saturated rings. The van der Waals surface area contributed by atoms with E-state index in [-0.39, 0.29) is 0 Å². The van der Waals surface area contributed by atoms with Crippen molar-refractivity contribution in [2.45, 2.75) is 39.2 Å². The summed E-state index contributed by atoms with van der Waals surface area (Å²) < 4.78 is 1.72. The largest absolute Gasteiger partial charge is 0.373 e. The van der Waals surface area contributed by atoms with Gasteiger partial charge in [0.05, 0.1) is 6.20 Å². The maximum Gasteiger partial charge on any atom is 0.207 e. The molecule has 6 nitrogen and oxygen atoms in total. The van der Waals surface area contributed by atoms with Crippen molar-refractivity contribution in [2.75, 3.05) is 12.4 Å². The predicted molar refractivity (Wildman–Crippen MR) is 88.3 cm³/mol. The van der Waals surface area contributed by atoms with Gasteiger partial charge in [-0.2, -0.15) is 9.61 Å². The Labute approximate surface area is 135 Å². The lowest BCUT2D eigenvalue weighted by atomic mass is 10.1. The Bertz CT molecular complexity index is 642. The predicted octanol–water partition coefficient (Wildman–Crippen LogP) is 2.65. The molecule has 2 aromatic rings. The highest BCUT2D eigenvalue weighted by Gasteiger charge is 2.19. The highest BCUT2D eigenvalue weighted by molar-refractivity contribution is 6.29. The fraction of sp³-hybridized carbons (Fsp3) is 0.533. The Morgan fingerprint density at radius 2 is 2.23 bits per heavy atom. The number of fused-ring (bicyclic) bond motifs is 1. The van der Waals surface area contributed by atoms with E-state index < -0.39 is 0 Å². The first kappa shape index (κ1) is 16.5. The van der Waals surface area contributed by atoms with Gasteiger partial charge in [-0.25, -0.2) is 4.98 Å². The molecule has 1 aliphatic carbocycles. The quantitative estimate of drug-likeness (QED) is 0.673. The van der Waals surface area contributed by atoms with Gasteiger partial charge in [0.2, 0.25) is 6.41 Å². The first-order chi connectivity index (χ1) is 10.5. The van der Waals surface area contributed by atoms with Gasteiger partial charge >= 0.3 is 0 Å². The van der Waals surface area contributed by atoms with Crippen LogP contribution in [-0.2, 0) is 4.79 Å². The summed E-state index contributed by atoms with van der Waals surface area (Å²) in [5.41, 5.74) is 1.80. The van der Waals surface area contributed by atoms with Gasteiger partial charge in [-0.3, -0.25) is 4.79 Å². The van der Waals surface area contributed by atoms with Crippen LogP contribution >= 0.6 is 11.6 Å². The third-order valence-electron chi connectivity index (χ3n) is 3.87. The Morgan fingerprint density at radius 3 is 2.82 bits per heavy atom. The number of halogens is 1. The van der Waals surface area contributed by atoms with Crippen LogP contribution in [0.4, 0.5) is 5.82 Å². The summed E-state index contributed by atoms with van der Waals surface area (Å²) in [6, 6.07) is 2.21. The zero-order valence-corrected chi connectivity index (χ0v) is 13.9. The number of hydrogen-bond acceptors (Lipinski definition) is 4. The molecular weight excluding hydrogens is 302 g/mol. The number of nitrogens with one attached hydrogen (secondary N) is 2. The van der Waals surface area contributed by atoms with Crippen molar-refractivity contribution in [2.24, 2.45) is 5.92 Å². The molecule has 2 aromatic heterocycles. The summed E-state index contributed by atoms with van der Waals surface area (Å²) in [6.07, 6.45) is 6.17. The number of carbonyl (C=O) groups excluding carboxylic acids is 1. The first-order valence-electron chi connectivity index (χ1n) is 7.43. The first-order valence-corrected chi connectivity index (χ1v) is 7.81. The van der Waals surface area contributed by atoms with E-state index in [1.54, 1.807) is 16.8 Å². The van der Waals surface area contributed by atoms with Crippen molar-refractivity contribution in [3.63, 3.8) is 0 Å². The summed E-state index contributed by atoms with van der Waals surface area (Å²) in [5, 5.41) is 10.4. The van der Waals surface area contributed by atoms with E-state index in [0.29, 0.717) is 11.2 Å². The molecule has 1 amide bonds. The van der Waals surface area contributed by atoms with Crippen molar-refractivity contribution in [1.82, 2.24) is 19.9 Å². The molecule has 0 aromatic carbocycles. The summed E-state index contributed by atoms with van der Waals surface area (Å²) >= 11 is 5.84. The number of hydrogen-bond donors (Lipinski definition) is 2. The van der Waals surface area contributed by atoms with Gasteiger partial charge in [-0.05, 0) is 32.1 Å². The van der Waals surface area contributed by atoms with Crippen molar-refractivity contribution in [3.8, 4) is 0 Å². The van der Waals surface area contributed by atoms with Gasteiger partial charge in [0.1, 0.15) is 11.0 Å². The van der Waals surface area contributed by atoms with Crippen molar-refractivity contribution < 1.29 is 4.79 Å². The standard InChI is InChI=1S/C8H9ClN4.C7H13NO/c1-5-4-11-13-7(10-2)3-6(9)12-8(5)13;1-6-2-3-7(4-6)8-5-9/h3-4,10H,1-2H3;5-7H,2-4H2,1H3,(H,8,9)/t;6-,7?/m.0/s1. The van der Waals surface area contributed by atoms with Crippen LogP contribution in [-0.4, -0.2) is 34.1 Å². The van der Waals surface area contributed by atoms with Gasteiger partial charge in [0, 0.05) is 24.7 Å². The average molecular weight is 324 g/mol.